The first-order chi connectivity index (χ1) is 10.1. The zero-order valence-corrected chi connectivity index (χ0v) is 13.4. The van der Waals surface area contributed by atoms with E-state index in [9.17, 15) is 8.42 Å². The minimum Gasteiger partial charge on any atom is -0.385 e. The average molecular weight is 312 g/mol. The number of anilines is 1. The lowest BCUT2D eigenvalue weighted by atomic mass is 10.2. The fourth-order valence-corrected chi connectivity index (χ4v) is 3.93. The van der Waals surface area contributed by atoms with Gasteiger partial charge in [-0.05, 0) is 49.9 Å². The summed E-state index contributed by atoms with van der Waals surface area (Å²) in [4.78, 5) is 0.298. The SMILES string of the molecule is CCCNc1ccc(S(=O)(=O)NC2CCCC2OC)cc1. The van der Waals surface area contributed by atoms with Crippen molar-refractivity contribution in [3.8, 4) is 0 Å². The topological polar surface area (TPSA) is 67.4 Å². The van der Waals surface area contributed by atoms with Crippen molar-refractivity contribution in [2.24, 2.45) is 0 Å². The van der Waals surface area contributed by atoms with E-state index in [-0.39, 0.29) is 12.1 Å². The van der Waals surface area contributed by atoms with Gasteiger partial charge in [0.2, 0.25) is 10.0 Å². The molecule has 118 valence electrons. The maximum Gasteiger partial charge on any atom is 0.240 e. The Labute approximate surface area is 127 Å². The van der Waals surface area contributed by atoms with Crippen LogP contribution < -0.4 is 10.0 Å². The molecule has 1 fully saturated rings. The first kappa shape index (κ1) is 16.3. The highest BCUT2D eigenvalue weighted by atomic mass is 32.2. The second kappa shape index (κ2) is 7.24. The fourth-order valence-electron chi connectivity index (χ4n) is 2.63. The lowest BCUT2D eigenvalue weighted by Crippen LogP contribution is -2.40. The molecular weight excluding hydrogens is 288 g/mol. The lowest BCUT2D eigenvalue weighted by molar-refractivity contribution is 0.0916. The monoisotopic (exact) mass is 312 g/mol. The van der Waals surface area contributed by atoms with Gasteiger partial charge in [0, 0.05) is 25.4 Å². The van der Waals surface area contributed by atoms with Crippen molar-refractivity contribution in [1.82, 2.24) is 4.72 Å². The van der Waals surface area contributed by atoms with E-state index in [1.165, 1.54) is 0 Å². The number of hydrogen-bond donors (Lipinski definition) is 2. The van der Waals surface area contributed by atoms with E-state index in [0.717, 1.165) is 37.9 Å². The second-order valence-corrected chi connectivity index (χ2v) is 7.10. The Bertz CT molecular complexity index is 543. The standard InChI is InChI=1S/C15H24N2O3S/c1-3-11-16-12-7-9-13(10-8-12)21(18,19)17-14-5-4-6-15(14)20-2/h7-10,14-17H,3-6,11H2,1-2H3. The van der Waals surface area contributed by atoms with Gasteiger partial charge in [-0.3, -0.25) is 0 Å². The lowest BCUT2D eigenvalue weighted by Gasteiger charge is -2.19. The quantitative estimate of drug-likeness (QED) is 0.811. The third kappa shape index (κ3) is 4.18. The summed E-state index contributed by atoms with van der Waals surface area (Å²) in [7, 11) is -1.85. The van der Waals surface area contributed by atoms with E-state index < -0.39 is 10.0 Å². The summed E-state index contributed by atoms with van der Waals surface area (Å²) in [6.07, 6.45) is 3.73. The van der Waals surface area contributed by atoms with Crippen molar-refractivity contribution in [2.75, 3.05) is 19.0 Å². The first-order valence-electron chi connectivity index (χ1n) is 7.46. The molecule has 2 atom stereocenters. The van der Waals surface area contributed by atoms with Gasteiger partial charge in [0.05, 0.1) is 11.0 Å². The van der Waals surface area contributed by atoms with Crippen LogP contribution in [0.1, 0.15) is 32.6 Å². The molecule has 1 saturated carbocycles. The molecular formula is C15H24N2O3S. The Morgan fingerprint density at radius 1 is 1.24 bits per heavy atom. The van der Waals surface area contributed by atoms with Crippen molar-refractivity contribution in [3.63, 3.8) is 0 Å². The summed E-state index contributed by atoms with van der Waals surface area (Å²) in [6, 6.07) is 6.74. The molecule has 0 aliphatic heterocycles. The van der Waals surface area contributed by atoms with Gasteiger partial charge in [0.15, 0.2) is 0 Å². The number of hydrogen-bond acceptors (Lipinski definition) is 4. The van der Waals surface area contributed by atoms with E-state index in [0.29, 0.717) is 4.90 Å². The molecule has 0 saturated heterocycles. The van der Waals surface area contributed by atoms with Crippen molar-refractivity contribution in [2.45, 2.75) is 49.6 Å². The molecule has 0 aromatic heterocycles. The molecule has 1 aliphatic carbocycles. The third-order valence-electron chi connectivity index (χ3n) is 3.81. The number of benzene rings is 1. The zero-order chi connectivity index (χ0) is 15.3. The van der Waals surface area contributed by atoms with Crippen LogP contribution in [0.2, 0.25) is 0 Å². The van der Waals surface area contributed by atoms with Crippen molar-refractivity contribution in [3.05, 3.63) is 24.3 Å². The number of ether oxygens (including phenoxy) is 1. The summed E-state index contributed by atoms with van der Waals surface area (Å²) in [5, 5.41) is 3.23. The van der Waals surface area contributed by atoms with Crippen LogP contribution in [0.5, 0.6) is 0 Å². The Morgan fingerprint density at radius 3 is 2.57 bits per heavy atom. The van der Waals surface area contributed by atoms with E-state index >= 15 is 0 Å². The highest BCUT2D eigenvalue weighted by molar-refractivity contribution is 7.89. The average Bonchev–Trinajstić information content (AvgIpc) is 2.92. The van der Waals surface area contributed by atoms with Gasteiger partial charge in [-0.1, -0.05) is 6.92 Å². The predicted octanol–water partition coefficient (Wildman–Crippen LogP) is 2.35. The van der Waals surface area contributed by atoms with Gasteiger partial charge in [0.25, 0.3) is 0 Å². The molecule has 0 radical (unpaired) electrons. The molecule has 2 rings (SSSR count). The van der Waals surface area contributed by atoms with Crippen LogP contribution in [-0.2, 0) is 14.8 Å². The predicted molar refractivity (Wildman–Crippen MR) is 84.0 cm³/mol. The Kier molecular flexibility index (Phi) is 5.61. The Morgan fingerprint density at radius 2 is 1.95 bits per heavy atom. The maximum atomic E-state index is 12.4. The third-order valence-corrected chi connectivity index (χ3v) is 5.31. The molecule has 1 aliphatic rings. The van der Waals surface area contributed by atoms with Crippen LogP contribution in [0.25, 0.3) is 0 Å². The van der Waals surface area contributed by atoms with Gasteiger partial charge < -0.3 is 10.1 Å². The van der Waals surface area contributed by atoms with E-state index in [1.54, 1.807) is 31.4 Å². The number of nitrogens with one attached hydrogen (secondary N) is 2. The molecule has 0 amide bonds. The number of sulfonamides is 1. The summed E-state index contributed by atoms with van der Waals surface area (Å²) in [5.74, 6) is 0. The van der Waals surface area contributed by atoms with E-state index in [1.807, 2.05) is 0 Å². The summed E-state index contributed by atoms with van der Waals surface area (Å²) in [6.45, 7) is 2.96. The van der Waals surface area contributed by atoms with Crippen LogP contribution in [-0.4, -0.2) is 34.2 Å². The molecule has 2 N–H and O–H groups in total. The van der Waals surface area contributed by atoms with E-state index in [2.05, 4.69) is 17.0 Å². The van der Waals surface area contributed by atoms with Gasteiger partial charge in [-0.15, -0.1) is 0 Å². The molecule has 0 spiro atoms. The summed E-state index contributed by atoms with van der Waals surface area (Å²) < 4.78 is 32.9. The largest absolute Gasteiger partial charge is 0.385 e. The molecule has 0 bridgehead atoms. The maximum absolute atomic E-state index is 12.4. The van der Waals surface area contributed by atoms with Crippen molar-refractivity contribution < 1.29 is 13.2 Å². The van der Waals surface area contributed by atoms with Crippen LogP contribution >= 0.6 is 0 Å². The van der Waals surface area contributed by atoms with Gasteiger partial charge >= 0.3 is 0 Å². The highest BCUT2D eigenvalue weighted by Crippen LogP contribution is 2.23. The van der Waals surface area contributed by atoms with Crippen molar-refractivity contribution >= 4 is 15.7 Å². The normalized spacial score (nSPS) is 22.4. The van der Waals surface area contributed by atoms with Crippen LogP contribution in [0, 0.1) is 0 Å². The van der Waals surface area contributed by atoms with Crippen LogP contribution in [0.3, 0.4) is 0 Å². The molecule has 21 heavy (non-hydrogen) atoms. The first-order valence-corrected chi connectivity index (χ1v) is 8.94. The van der Waals surface area contributed by atoms with Crippen LogP contribution in [0.15, 0.2) is 29.2 Å². The van der Waals surface area contributed by atoms with Gasteiger partial charge in [0.1, 0.15) is 0 Å². The van der Waals surface area contributed by atoms with E-state index in [4.69, 9.17) is 4.74 Å². The molecule has 0 heterocycles. The second-order valence-electron chi connectivity index (χ2n) is 5.38. The summed E-state index contributed by atoms with van der Waals surface area (Å²) in [5.41, 5.74) is 0.937. The van der Waals surface area contributed by atoms with Crippen LogP contribution in [0.4, 0.5) is 5.69 Å². The highest BCUT2D eigenvalue weighted by Gasteiger charge is 2.31. The fraction of sp³-hybridized carbons (Fsp3) is 0.600. The zero-order valence-electron chi connectivity index (χ0n) is 12.6. The minimum atomic E-state index is -3.48. The number of methoxy groups -OCH3 is 1. The van der Waals surface area contributed by atoms with Crippen molar-refractivity contribution in [1.29, 1.82) is 0 Å². The summed E-state index contributed by atoms with van der Waals surface area (Å²) >= 11 is 0. The molecule has 5 nitrogen and oxygen atoms in total. The smallest absolute Gasteiger partial charge is 0.240 e. The molecule has 6 heteroatoms. The Balaban J connectivity index is 2.05. The molecule has 2 unspecified atom stereocenters. The Hall–Kier alpha value is -1.11. The molecule has 1 aromatic carbocycles. The number of rotatable bonds is 7. The molecule has 1 aromatic rings. The van der Waals surface area contributed by atoms with Gasteiger partial charge in [-0.2, -0.15) is 0 Å². The minimum absolute atomic E-state index is 0.0229. The van der Waals surface area contributed by atoms with Gasteiger partial charge in [-0.25, -0.2) is 13.1 Å².